The van der Waals surface area contributed by atoms with E-state index in [0.717, 1.165) is 22.7 Å². The molecular weight excluding hydrogens is 701 g/mol. The lowest BCUT2D eigenvalue weighted by Gasteiger charge is -2.35. The zero-order chi connectivity index (χ0) is 39.3. The van der Waals surface area contributed by atoms with Crippen LogP contribution in [0.1, 0.15) is 22.3 Å². The molecule has 10 aromatic carbocycles. The Balaban J connectivity index is 1.40. The number of aryl methyl sites for hydroxylation is 4. The summed E-state index contributed by atoms with van der Waals surface area (Å²) in [6.07, 6.45) is 0. The molecule has 0 aliphatic rings. The second-order valence-electron chi connectivity index (χ2n) is 15.5. The van der Waals surface area contributed by atoms with Gasteiger partial charge >= 0.3 is 0 Å². The number of anilines is 6. The van der Waals surface area contributed by atoms with Crippen LogP contribution >= 0.6 is 0 Å². The van der Waals surface area contributed by atoms with Gasteiger partial charge in [-0.15, -0.1) is 0 Å². The van der Waals surface area contributed by atoms with Gasteiger partial charge in [0.05, 0.1) is 22.7 Å². The highest BCUT2D eigenvalue weighted by molar-refractivity contribution is 6.30. The van der Waals surface area contributed by atoms with Crippen molar-refractivity contribution in [1.29, 1.82) is 0 Å². The molecule has 0 aromatic heterocycles. The minimum absolute atomic E-state index is 1.11. The molecule has 10 rings (SSSR count). The Bertz CT molecular complexity index is 2880. The van der Waals surface area contributed by atoms with E-state index < -0.39 is 0 Å². The molecule has 0 aliphatic carbocycles. The predicted molar refractivity (Wildman–Crippen MR) is 249 cm³/mol. The lowest BCUT2D eigenvalue weighted by atomic mass is 9.87. The van der Waals surface area contributed by atoms with Crippen LogP contribution in [-0.2, 0) is 0 Å². The molecule has 0 fully saturated rings. The molecule has 0 spiro atoms. The van der Waals surface area contributed by atoms with Crippen LogP contribution in [0, 0.1) is 27.7 Å². The normalized spacial score (nSPS) is 11.4. The monoisotopic (exact) mass is 744 g/mol. The fourth-order valence-corrected chi connectivity index (χ4v) is 9.26. The summed E-state index contributed by atoms with van der Waals surface area (Å²) in [5.41, 5.74) is 16.5. The molecule has 2 heteroatoms. The molecule has 0 heterocycles. The average molecular weight is 745 g/mol. The summed E-state index contributed by atoms with van der Waals surface area (Å²) in [5.74, 6) is 0. The first-order valence-electron chi connectivity index (χ1n) is 20.2. The van der Waals surface area contributed by atoms with E-state index in [1.165, 1.54) is 88.2 Å². The van der Waals surface area contributed by atoms with Crippen molar-refractivity contribution in [2.45, 2.75) is 27.7 Å². The van der Waals surface area contributed by atoms with Crippen LogP contribution in [-0.4, -0.2) is 0 Å². The molecule has 0 radical (unpaired) electrons. The van der Waals surface area contributed by atoms with Gasteiger partial charge in [-0.2, -0.15) is 0 Å². The first-order valence-corrected chi connectivity index (χ1v) is 20.2. The molecule has 58 heavy (non-hydrogen) atoms. The quantitative estimate of drug-likeness (QED) is 0.143. The largest absolute Gasteiger partial charge is 0.309 e. The second-order valence-corrected chi connectivity index (χ2v) is 15.5. The average Bonchev–Trinajstić information content (AvgIpc) is 3.27. The molecule has 0 atom stereocenters. The van der Waals surface area contributed by atoms with Crippen molar-refractivity contribution in [1.82, 2.24) is 0 Å². The zero-order valence-electron chi connectivity index (χ0n) is 33.4. The summed E-state index contributed by atoms with van der Waals surface area (Å²) in [6, 6.07) is 71.1. The van der Waals surface area contributed by atoms with Crippen molar-refractivity contribution in [3.63, 3.8) is 0 Å². The molecular formula is C56H44N2. The van der Waals surface area contributed by atoms with Gasteiger partial charge in [0.1, 0.15) is 0 Å². The second kappa shape index (κ2) is 14.4. The maximum atomic E-state index is 2.52. The van der Waals surface area contributed by atoms with Crippen LogP contribution < -0.4 is 9.80 Å². The molecule has 278 valence electrons. The summed E-state index contributed by atoms with van der Waals surface area (Å²) in [6.45, 7) is 9.01. The topological polar surface area (TPSA) is 6.48 Å². The van der Waals surface area contributed by atoms with Gasteiger partial charge in [0.2, 0.25) is 0 Å². The van der Waals surface area contributed by atoms with E-state index in [1.807, 2.05) is 0 Å². The smallest absolute Gasteiger partial charge is 0.0569 e. The maximum Gasteiger partial charge on any atom is 0.0569 e. The number of rotatable bonds is 8. The van der Waals surface area contributed by atoms with Gasteiger partial charge in [-0.05, 0) is 108 Å². The number of benzene rings is 10. The van der Waals surface area contributed by atoms with Crippen molar-refractivity contribution in [2.75, 3.05) is 9.80 Å². The maximum absolute atomic E-state index is 2.52. The Morgan fingerprint density at radius 1 is 0.293 bits per heavy atom. The Morgan fingerprint density at radius 3 is 1.07 bits per heavy atom. The third kappa shape index (κ3) is 5.80. The third-order valence-corrected chi connectivity index (χ3v) is 11.9. The van der Waals surface area contributed by atoms with E-state index in [4.69, 9.17) is 0 Å². The van der Waals surface area contributed by atoms with Crippen molar-refractivity contribution in [3.8, 4) is 22.3 Å². The lowest BCUT2D eigenvalue weighted by molar-refractivity contribution is 1.24. The Labute approximate surface area is 341 Å². The Hall–Kier alpha value is -7.16. The van der Waals surface area contributed by atoms with Crippen LogP contribution in [0.2, 0.25) is 0 Å². The highest BCUT2D eigenvalue weighted by Gasteiger charge is 2.28. The van der Waals surface area contributed by atoms with Gasteiger partial charge in [0, 0.05) is 38.7 Å². The van der Waals surface area contributed by atoms with Gasteiger partial charge in [-0.25, -0.2) is 0 Å². The Morgan fingerprint density at radius 2 is 0.655 bits per heavy atom. The molecule has 0 saturated carbocycles. The summed E-state index contributed by atoms with van der Waals surface area (Å²) in [7, 11) is 0. The molecule has 0 amide bonds. The molecule has 0 N–H and O–H groups in total. The van der Waals surface area contributed by atoms with E-state index in [1.54, 1.807) is 0 Å². The summed E-state index contributed by atoms with van der Waals surface area (Å²) in [4.78, 5) is 5.04. The van der Waals surface area contributed by atoms with Crippen molar-refractivity contribution >= 4 is 66.4 Å². The van der Waals surface area contributed by atoms with Crippen LogP contribution in [0.3, 0.4) is 0 Å². The molecule has 2 nitrogen and oxygen atoms in total. The number of nitrogens with zero attached hydrogens (tertiary/aromatic N) is 2. The van der Waals surface area contributed by atoms with E-state index in [-0.39, 0.29) is 0 Å². The first-order chi connectivity index (χ1) is 28.5. The number of para-hydroxylation sites is 4. The fraction of sp³-hybridized carbons (Fsp3) is 0.0714. The van der Waals surface area contributed by atoms with Gasteiger partial charge in [0.25, 0.3) is 0 Å². The van der Waals surface area contributed by atoms with Crippen molar-refractivity contribution in [2.24, 2.45) is 0 Å². The summed E-state index contributed by atoms with van der Waals surface area (Å²) in [5, 5.41) is 7.61. The van der Waals surface area contributed by atoms with Gasteiger partial charge in [0.15, 0.2) is 0 Å². The third-order valence-electron chi connectivity index (χ3n) is 11.9. The van der Waals surface area contributed by atoms with Gasteiger partial charge < -0.3 is 9.80 Å². The molecule has 10 aromatic rings. The first kappa shape index (κ1) is 35.3. The number of hydrogen-bond donors (Lipinski definition) is 0. The van der Waals surface area contributed by atoms with E-state index >= 15 is 0 Å². The molecule has 0 saturated heterocycles. The highest BCUT2D eigenvalue weighted by Crippen LogP contribution is 2.53. The highest BCUT2D eigenvalue weighted by atomic mass is 15.2. The van der Waals surface area contributed by atoms with Crippen molar-refractivity contribution < 1.29 is 0 Å². The zero-order valence-corrected chi connectivity index (χ0v) is 33.4. The summed E-state index contributed by atoms with van der Waals surface area (Å²) >= 11 is 0. The van der Waals surface area contributed by atoms with E-state index in [0.29, 0.717) is 0 Å². The van der Waals surface area contributed by atoms with Gasteiger partial charge in [-0.1, -0.05) is 164 Å². The van der Waals surface area contributed by atoms with Crippen LogP contribution in [0.5, 0.6) is 0 Å². The Kier molecular flexibility index (Phi) is 8.76. The SMILES string of the molecule is Cc1cccc(-c2ccccc2)c1N(c1ccccc1)c1cc(N(c2ccccc2)c2c(C)cccc2-c2ccccc2)c2ccc3c(C)cc(C)c4ccc1c2c43. The van der Waals surface area contributed by atoms with Crippen molar-refractivity contribution in [3.05, 3.63) is 216 Å². The molecule has 0 aliphatic heterocycles. The molecule has 0 unspecified atom stereocenters. The summed E-state index contributed by atoms with van der Waals surface area (Å²) < 4.78 is 0. The minimum atomic E-state index is 1.11. The standard InChI is InChI=1S/C56H44N2/c1-37-19-17-29-47(41-21-9-5-10-22-41)55(37)57(43-25-13-7-14-26-43)51-36-52(50-34-32-46-40(4)35-39(3)45-31-33-49(51)54(50)53(45)46)58(44-27-15-8-16-28-44)56-38(2)20-18-30-48(56)42-23-11-6-12-24-42/h5-36H,1-4H3. The molecule has 0 bridgehead atoms. The fourth-order valence-electron chi connectivity index (χ4n) is 9.26. The van der Waals surface area contributed by atoms with Gasteiger partial charge in [-0.3, -0.25) is 0 Å². The van der Waals surface area contributed by atoms with Crippen LogP contribution in [0.15, 0.2) is 194 Å². The number of hydrogen-bond acceptors (Lipinski definition) is 2. The van der Waals surface area contributed by atoms with E-state index in [9.17, 15) is 0 Å². The predicted octanol–water partition coefficient (Wildman–Crippen LogP) is 16.1. The lowest BCUT2D eigenvalue weighted by Crippen LogP contribution is -2.17. The van der Waals surface area contributed by atoms with Crippen LogP contribution in [0.4, 0.5) is 34.1 Å². The van der Waals surface area contributed by atoms with Crippen LogP contribution in [0.25, 0.3) is 54.6 Å². The minimum Gasteiger partial charge on any atom is -0.309 e. The van der Waals surface area contributed by atoms with E-state index in [2.05, 4.69) is 232 Å².